The highest BCUT2D eigenvalue weighted by Crippen LogP contribution is 2.23. The molecule has 2 aromatic rings. The van der Waals surface area contributed by atoms with E-state index < -0.39 is 0 Å². The largest absolute Gasteiger partial charge is 0.478 e. The monoisotopic (exact) mass is 304 g/mol. The van der Waals surface area contributed by atoms with Gasteiger partial charge >= 0.3 is 0 Å². The Morgan fingerprint density at radius 1 is 1.10 bits per heavy atom. The molecule has 1 heterocycles. The van der Waals surface area contributed by atoms with Crippen molar-refractivity contribution in [2.75, 3.05) is 6.61 Å². The molecule has 0 aliphatic carbocycles. The molecule has 2 rings (SSSR count). The minimum atomic E-state index is -0.146. The zero-order valence-electron chi connectivity index (χ0n) is 12.8. The van der Waals surface area contributed by atoms with Crippen LogP contribution in [0.15, 0.2) is 36.4 Å². The van der Waals surface area contributed by atoms with Crippen LogP contribution < -0.4 is 4.74 Å². The Hall–Kier alpha value is -1.61. The number of hydrogen-bond donors (Lipinski definition) is 0. The summed E-state index contributed by atoms with van der Waals surface area (Å²) in [6.07, 6.45) is 1.93. The van der Waals surface area contributed by atoms with Gasteiger partial charge in [0.2, 0.25) is 5.88 Å². The van der Waals surface area contributed by atoms with Crippen molar-refractivity contribution in [3.8, 4) is 5.88 Å². The van der Waals surface area contributed by atoms with Crippen LogP contribution in [0.3, 0.4) is 0 Å². The lowest BCUT2D eigenvalue weighted by Crippen LogP contribution is -2.16. The molecule has 0 aliphatic heterocycles. The Bertz CT molecular complexity index is 579. The first-order chi connectivity index (χ1) is 9.95. The zero-order valence-corrected chi connectivity index (χ0v) is 13.5. The SMILES string of the molecule is CC(C)(C)c1nc(Cl)cc(OCCCc2ccccc2)n1. The number of aromatic nitrogens is 2. The van der Waals surface area contributed by atoms with Crippen LogP contribution in [-0.2, 0) is 11.8 Å². The first-order valence-corrected chi connectivity index (χ1v) is 7.55. The van der Waals surface area contributed by atoms with Gasteiger partial charge in [0.05, 0.1) is 6.61 Å². The van der Waals surface area contributed by atoms with Crippen molar-refractivity contribution in [2.24, 2.45) is 0 Å². The Morgan fingerprint density at radius 3 is 2.48 bits per heavy atom. The van der Waals surface area contributed by atoms with Crippen LogP contribution in [0.4, 0.5) is 0 Å². The Labute approximate surface area is 131 Å². The lowest BCUT2D eigenvalue weighted by atomic mass is 9.96. The summed E-state index contributed by atoms with van der Waals surface area (Å²) in [4.78, 5) is 8.69. The molecule has 21 heavy (non-hydrogen) atoms. The van der Waals surface area contributed by atoms with Crippen LogP contribution in [0, 0.1) is 0 Å². The van der Waals surface area contributed by atoms with Gasteiger partial charge in [-0.3, -0.25) is 0 Å². The Balaban J connectivity index is 1.90. The summed E-state index contributed by atoms with van der Waals surface area (Å²) < 4.78 is 5.71. The first kappa shape index (κ1) is 15.8. The number of hydrogen-bond acceptors (Lipinski definition) is 3. The molecule has 0 aliphatic rings. The molecule has 0 fully saturated rings. The summed E-state index contributed by atoms with van der Waals surface area (Å²) in [6.45, 7) is 6.78. The van der Waals surface area contributed by atoms with Gasteiger partial charge in [-0.1, -0.05) is 62.7 Å². The molecule has 0 amide bonds. The van der Waals surface area contributed by atoms with Gasteiger partial charge in [-0.15, -0.1) is 0 Å². The fourth-order valence-electron chi connectivity index (χ4n) is 1.90. The van der Waals surface area contributed by atoms with E-state index in [2.05, 4.69) is 55.0 Å². The normalized spacial score (nSPS) is 11.4. The van der Waals surface area contributed by atoms with Gasteiger partial charge in [0.15, 0.2) is 0 Å². The van der Waals surface area contributed by atoms with Crippen LogP contribution >= 0.6 is 11.6 Å². The van der Waals surface area contributed by atoms with Crippen molar-refractivity contribution in [1.82, 2.24) is 9.97 Å². The molecule has 3 nitrogen and oxygen atoms in total. The van der Waals surface area contributed by atoms with Gasteiger partial charge in [-0.25, -0.2) is 4.98 Å². The van der Waals surface area contributed by atoms with Gasteiger partial charge in [0.25, 0.3) is 0 Å². The van der Waals surface area contributed by atoms with E-state index in [1.165, 1.54) is 5.56 Å². The van der Waals surface area contributed by atoms with E-state index in [0.29, 0.717) is 23.5 Å². The van der Waals surface area contributed by atoms with E-state index in [0.717, 1.165) is 12.8 Å². The summed E-state index contributed by atoms with van der Waals surface area (Å²) in [6, 6.07) is 12.0. The molecule has 4 heteroatoms. The molecule has 0 unspecified atom stereocenters. The van der Waals surface area contributed by atoms with Gasteiger partial charge in [0.1, 0.15) is 11.0 Å². The third-order valence-corrected chi connectivity index (χ3v) is 3.24. The van der Waals surface area contributed by atoms with Crippen LogP contribution in [0.25, 0.3) is 0 Å². The van der Waals surface area contributed by atoms with Gasteiger partial charge in [0, 0.05) is 11.5 Å². The van der Waals surface area contributed by atoms with Crippen molar-refractivity contribution in [3.05, 3.63) is 52.9 Å². The predicted molar refractivity (Wildman–Crippen MR) is 86.0 cm³/mol. The summed E-state index contributed by atoms with van der Waals surface area (Å²) in [5.41, 5.74) is 1.17. The van der Waals surface area contributed by atoms with Crippen molar-refractivity contribution in [2.45, 2.75) is 39.0 Å². The van der Waals surface area contributed by atoms with E-state index in [4.69, 9.17) is 16.3 Å². The molecular weight excluding hydrogens is 284 g/mol. The topological polar surface area (TPSA) is 35.0 Å². The number of halogens is 1. The van der Waals surface area contributed by atoms with Crippen LogP contribution in [0.1, 0.15) is 38.6 Å². The molecule has 0 saturated heterocycles. The fraction of sp³-hybridized carbons (Fsp3) is 0.412. The number of benzene rings is 1. The highest BCUT2D eigenvalue weighted by molar-refractivity contribution is 6.29. The maximum Gasteiger partial charge on any atom is 0.218 e. The van der Waals surface area contributed by atoms with E-state index in [1.807, 2.05) is 6.07 Å². The average Bonchev–Trinajstić information content (AvgIpc) is 2.43. The van der Waals surface area contributed by atoms with Gasteiger partial charge < -0.3 is 4.74 Å². The molecule has 1 aromatic heterocycles. The van der Waals surface area contributed by atoms with Crippen molar-refractivity contribution < 1.29 is 4.74 Å². The lowest BCUT2D eigenvalue weighted by molar-refractivity contribution is 0.295. The summed E-state index contributed by atoms with van der Waals surface area (Å²) in [5, 5.41) is 0.424. The van der Waals surface area contributed by atoms with Crippen molar-refractivity contribution in [3.63, 3.8) is 0 Å². The Morgan fingerprint density at radius 2 is 1.81 bits per heavy atom. The number of aryl methyl sites for hydroxylation is 1. The number of ether oxygens (including phenoxy) is 1. The summed E-state index contributed by atoms with van der Waals surface area (Å²) >= 11 is 6.03. The third-order valence-electron chi connectivity index (χ3n) is 3.04. The average molecular weight is 305 g/mol. The van der Waals surface area contributed by atoms with Gasteiger partial charge in [-0.05, 0) is 18.4 Å². The smallest absolute Gasteiger partial charge is 0.218 e. The van der Waals surface area contributed by atoms with Crippen molar-refractivity contribution >= 4 is 11.6 Å². The highest BCUT2D eigenvalue weighted by Gasteiger charge is 2.19. The quantitative estimate of drug-likeness (QED) is 0.605. The van der Waals surface area contributed by atoms with E-state index in [-0.39, 0.29) is 5.41 Å². The second-order valence-corrected chi connectivity index (χ2v) is 6.43. The van der Waals surface area contributed by atoms with Gasteiger partial charge in [-0.2, -0.15) is 4.98 Å². The third kappa shape index (κ3) is 5.01. The molecule has 0 atom stereocenters. The molecule has 0 saturated carbocycles. The molecule has 1 aromatic carbocycles. The lowest BCUT2D eigenvalue weighted by Gasteiger charge is -2.17. The second-order valence-electron chi connectivity index (χ2n) is 6.04. The zero-order chi connectivity index (χ0) is 15.3. The minimum absolute atomic E-state index is 0.146. The highest BCUT2D eigenvalue weighted by atomic mass is 35.5. The molecule has 0 spiro atoms. The van der Waals surface area contributed by atoms with Crippen LogP contribution in [0.2, 0.25) is 5.15 Å². The van der Waals surface area contributed by atoms with E-state index >= 15 is 0 Å². The Kier molecular flexibility index (Phi) is 5.18. The fourth-order valence-corrected chi connectivity index (χ4v) is 2.08. The number of nitrogens with zero attached hydrogens (tertiary/aromatic N) is 2. The summed E-state index contributed by atoms with van der Waals surface area (Å²) in [5.74, 6) is 1.25. The van der Waals surface area contributed by atoms with E-state index in [1.54, 1.807) is 6.07 Å². The maximum absolute atomic E-state index is 6.03. The molecule has 0 N–H and O–H groups in total. The second kappa shape index (κ2) is 6.90. The first-order valence-electron chi connectivity index (χ1n) is 7.17. The van der Waals surface area contributed by atoms with E-state index in [9.17, 15) is 0 Å². The van der Waals surface area contributed by atoms with Crippen LogP contribution in [-0.4, -0.2) is 16.6 Å². The molecule has 0 bridgehead atoms. The summed E-state index contributed by atoms with van der Waals surface area (Å²) in [7, 11) is 0. The van der Waals surface area contributed by atoms with Crippen molar-refractivity contribution in [1.29, 1.82) is 0 Å². The minimum Gasteiger partial charge on any atom is -0.478 e. The van der Waals surface area contributed by atoms with Crippen LogP contribution in [0.5, 0.6) is 5.88 Å². The molecular formula is C17H21ClN2O. The maximum atomic E-state index is 6.03. The predicted octanol–water partition coefficient (Wildman–Crippen LogP) is 4.44. The number of rotatable bonds is 5. The standard InChI is InChI=1S/C17H21ClN2O/c1-17(2,3)16-19-14(18)12-15(20-16)21-11-7-10-13-8-5-4-6-9-13/h4-6,8-9,12H,7,10-11H2,1-3H3. The molecule has 112 valence electrons. The molecule has 0 radical (unpaired) electrons.